The zero-order valence-electron chi connectivity index (χ0n) is 16.6. The van der Waals surface area contributed by atoms with Crippen LogP contribution in [0, 0.1) is 6.92 Å². The van der Waals surface area contributed by atoms with Crippen molar-refractivity contribution in [1.29, 1.82) is 0 Å². The van der Waals surface area contributed by atoms with Crippen LogP contribution >= 0.6 is 11.3 Å². The van der Waals surface area contributed by atoms with Crippen molar-refractivity contribution in [3.63, 3.8) is 0 Å². The summed E-state index contributed by atoms with van der Waals surface area (Å²) in [6, 6.07) is 19.0. The molecule has 0 bridgehead atoms. The van der Waals surface area contributed by atoms with E-state index in [1.165, 1.54) is 17.7 Å². The molecule has 0 saturated carbocycles. The predicted molar refractivity (Wildman–Crippen MR) is 124 cm³/mol. The van der Waals surface area contributed by atoms with Crippen LogP contribution in [0.3, 0.4) is 0 Å². The number of thiophene rings is 1. The molecule has 0 aliphatic heterocycles. The van der Waals surface area contributed by atoms with Crippen molar-refractivity contribution in [3.05, 3.63) is 106 Å². The first-order valence-electron chi connectivity index (χ1n) is 9.71. The fourth-order valence-electron chi connectivity index (χ4n) is 3.54. The summed E-state index contributed by atoms with van der Waals surface area (Å²) in [5.41, 5.74) is 6.52. The van der Waals surface area contributed by atoms with Crippen LogP contribution in [0.5, 0.6) is 0 Å². The molecule has 6 nitrogen and oxygen atoms in total. The summed E-state index contributed by atoms with van der Waals surface area (Å²) in [5, 5.41) is 2.42. The van der Waals surface area contributed by atoms with Crippen molar-refractivity contribution in [3.8, 4) is 16.8 Å². The number of carbonyl (C=O) groups excluding carboxylic acids is 1. The van der Waals surface area contributed by atoms with E-state index in [1.807, 2.05) is 83.9 Å². The first kappa shape index (κ1) is 19.0. The number of hydrogen-bond donors (Lipinski definition) is 1. The lowest BCUT2D eigenvalue weighted by atomic mass is 10.1. The highest BCUT2D eigenvalue weighted by Gasteiger charge is 2.15. The molecule has 3 aromatic heterocycles. The number of carbonyl (C=O) groups is 1. The minimum Gasteiger partial charge on any atom is -0.324 e. The van der Waals surface area contributed by atoms with Gasteiger partial charge in [0.05, 0.1) is 5.39 Å². The third-order valence-corrected chi connectivity index (χ3v) is 6.04. The molecule has 5 rings (SSSR count). The molecule has 31 heavy (non-hydrogen) atoms. The highest BCUT2D eigenvalue weighted by Crippen LogP contribution is 2.30. The van der Waals surface area contributed by atoms with Crippen molar-refractivity contribution >= 4 is 27.5 Å². The van der Waals surface area contributed by atoms with Gasteiger partial charge in [0.1, 0.15) is 11.2 Å². The normalized spacial score (nSPS) is 11.0. The predicted octanol–water partition coefficient (Wildman–Crippen LogP) is 4.61. The number of rotatable bonds is 4. The van der Waals surface area contributed by atoms with Gasteiger partial charge < -0.3 is 4.57 Å². The monoisotopic (exact) mass is 426 g/mol. The molecule has 5 aromatic rings. The second-order valence-electron chi connectivity index (χ2n) is 7.15. The quantitative estimate of drug-likeness (QED) is 0.456. The van der Waals surface area contributed by atoms with Gasteiger partial charge in [-0.05, 0) is 42.3 Å². The van der Waals surface area contributed by atoms with Crippen LogP contribution in [0.25, 0.3) is 27.0 Å². The molecule has 0 radical (unpaired) electrons. The molecule has 0 unspecified atom stereocenters. The van der Waals surface area contributed by atoms with Crippen molar-refractivity contribution in [2.45, 2.75) is 6.92 Å². The summed E-state index contributed by atoms with van der Waals surface area (Å²) in [5.74, 6) is -0.381. The fourth-order valence-corrected chi connectivity index (χ4v) is 4.45. The minimum atomic E-state index is -0.381. The Morgan fingerprint density at radius 1 is 1.03 bits per heavy atom. The lowest BCUT2D eigenvalue weighted by Gasteiger charge is -2.12. The van der Waals surface area contributed by atoms with Crippen molar-refractivity contribution in [2.75, 3.05) is 5.43 Å². The molecule has 2 aromatic carbocycles. The summed E-state index contributed by atoms with van der Waals surface area (Å²) in [6.07, 6.45) is 5.21. The average molecular weight is 427 g/mol. The Bertz CT molecular complexity index is 1450. The van der Waals surface area contributed by atoms with E-state index in [0.29, 0.717) is 15.8 Å². The Morgan fingerprint density at radius 2 is 1.81 bits per heavy atom. The van der Waals surface area contributed by atoms with Crippen molar-refractivity contribution < 1.29 is 4.79 Å². The van der Waals surface area contributed by atoms with Gasteiger partial charge in [-0.1, -0.05) is 36.4 Å². The Hall–Kier alpha value is -3.97. The van der Waals surface area contributed by atoms with Gasteiger partial charge in [-0.3, -0.25) is 15.0 Å². The van der Waals surface area contributed by atoms with Crippen LogP contribution in [-0.2, 0) is 0 Å². The number of amides is 1. The number of aromatic nitrogens is 3. The topological polar surface area (TPSA) is 68.9 Å². The van der Waals surface area contributed by atoms with Gasteiger partial charge >= 0.3 is 0 Å². The van der Waals surface area contributed by atoms with E-state index in [-0.39, 0.29) is 11.5 Å². The van der Waals surface area contributed by atoms with Gasteiger partial charge in [-0.25, -0.2) is 9.66 Å². The maximum Gasteiger partial charge on any atom is 0.281 e. The highest BCUT2D eigenvalue weighted by atomic mass is 32.1. The summed E-state index contributed by atoms with van der Waals surface area (Å²) in [4.78, 5) is 31.1. The van der Waals surface area contributed by atoms with Gasteiger partial charge in [-0.15, -0.1) is 11.3 Å². The smallest absolute Gasteiger partial charge is 0.281 e. The van der Waals surface area contributed by atoms with Crippen LogP contribution < -0.4 is 11.0 Å². The molecule has 0 aliphatic rings. The summed E-state index contributed by atoms with van der Waals surface area (Å²) < 4.78 is 3.10. The van der Waals surface area contributed by atoms with E-state index in [9.17, 15) is 9.59 Å². The maximum atomic E-state index is 13.2. The molecule has 0 fully saturated rings. The molecule has 0 aliphatic carbocycles. The summed E-state index contributed by atoms with van der Waals surface area (Å²) >= 11 is 1.41. The molecule has 0 atom stereocenters. The molecule has 3 heterocycles. The van der Waals surface area contributed by atoms with Gasteiger partial charge in [0.2, 0.25) is 0 Å². The Labute approximate surface area is 182 Å². The molecule has 7 heteroatoms. The Morgan fingerprint density at radius 3 is 2.58 bits per heavy atom. The minimum absolute atomic E-state index is 0.309. The first-order valence-corrected chi connectivity index (χ1v) is 10.6. The van der Waals surface area contributed by atoms with Crippen LogP contribution in [0.4, 0.5) is 0 Å². The highest BCUT2D eigenvalue weighted by molar-refractivity contribution is 7.17. The number of benzene rings is 2. The van der Waals surface area contributed by atoms with Gasteiger partial charge in [0.15, 0.2) is 0 Å². The zero-order valence-corrected chi connectivity index (χ0v) is 17.5. The Balaban J connectivity index is 1.51. The lowest BCUT2D eigenvalue weighted by Crippen LogP contribution is -2.33. The number of aryl methyl sites for hydroxylation is 1. The van der Waals surface area contributed by atoms with Gasteiger partial charge in [-0.2, -0.15) is 0 Å². The summed E-state index contributed by atoms with van der Waals surface area (Å²) in [7, 11) is 0. The second-order valence-corrected chi connectivity index (χ2v) is 8.01. The lowest BCUT2D eigenvalue weighted by molar-refractivity contribution is 0.101. The van der Waals surface area contributed by atoms with Crippen LogP contribution in [-0.4, -0.2) is 20.1 Å². The molecule has 1 N–H and O–H groups in total. The van der Waals surface area contributed by atoms with Gasteiger partial charge in [0.25, 0.3) is 11.5 Å². The molecular weight excluding hydrogens is 408 g/mol. The van der Waals surface area contributed by atoms with Crippen molar-refractivity contribution in [2.24, 2.45) is 0 Å². The molecular formula is C24H18N4O2S. The number of nitrogens with one attached hydrogen (secondary N) is 1. The fraction of sp³-hybridized carbons (Fsp3) is 0.0417. The molecule has 0 saturated heterocycles. The number of nitrogens with zero attached hydrogens (tertiary/aromatic N) is 3. The molecule has 1 amide bonds. The standard InChI is InChI=1S/C24H18N4O2S/c1-16-9-10-18(13-20(16)27-11-5-6-12-27)22(29)26-28-15-25-23-21(24(28)30)19(14-31-23)17-7-3-2-4-8-17/h2-15H,1H3,(H,26,29). The van der Waals surface area contributed by atoms with Crippen LogP contribution in [0.15, 0.2) is 89.6 Å². The third kappa shape index (κ3) is 3.45. The van der Waals surface area contributed by atoms with Crippen LogP contribution in [0.1, 0.15) is 15.9 Å². The Kier molecular flexibility index (Phi) is 4.72. The van der Waals surface area contributed by atoms with Crippen LogP contribution in [0.2, 0.25) is 0 Å². The van der Waals surface area contributed by atoms with E-state index < -0.39 is 0 Å². The largest absolute Gasteiger partial charge is 0.324 e. The first-order chi connectivity index (χ1) is 15.1. The third-order valence-electron chi connectivity index (χ3n) is 5.16. The van der Waals surface area contributed by atoms with E-state index in [2.05, 4.69) is 10.4 Å². The number of fused-ring (bicyclic) bond motifs is 1. The maximum absolute atomic E-state index is 13.2. The average Bonchev–Trinajstić information content (AvgIpc) is 3.47. The van der Waals surface area contributed by atoms with Gasteiger partial charge in [0, 0.05) is 34.6 Å². The van der Waals surface area contributed by atoms with E-state index >= 15 is 0 Å². The zero-order chi connectivity index (χ0) is 21.4. The van der Waals surface area contributed by atoms with E-state index in [0.717, 1.165) is 27.1 Å². The van der Waals surface area contributed by atoms with E-state index in [1.54, 1.807) is 6.07 Å². The van der Waals surface area contributed by atoms with Crippen molar-refractivity contribution in [1.82, 2.24) is 14.2 Å². The molecule has 0 spiro atoms. The SMILES string of the molecule is Cc1ccc(C(=O)Nn2cnc3scc(-c4ccccc4)c3c2=O)cc1-n1cccc1. The van der Waals surface area contributed by atoms with E-state index in [4.69, 9.17) is 0 Å². The number of hydrogen-bond acceptors (Lipinski definition) is 4. The second kappa shape index (κ2) is 7.70. The summed E-state index contributed by atoms with van der Waals surface area (Å²) in [6.45, 7) is 1.99. The molecule has 152 valence electrons.